The van der Waals surface area contributed by atoms with Gasteiger partial charge < -0.3 is 10.2 Å². The molecule has 0 spiro atoms. The van der Waals surface area contributed by atoms with Gasteiger partial charge in [-0.3, -0.25) is 4.79 Å². The molecule has 0 aliphatic heterocycles. The Labute approximate surface area is 86.5 Å². The largest absolute Gasteiger partial charge is 0.508 e. The van der Waals surface area contributed by atoms with Crippen LogP contribution in [0, 0.1) is 6.92 Å². The number of benzene rings is 1. The van der Waals surface area contributed by atoms with Crippen LogP contribution in [0.4, 0.5) is 0 Å². The highest BCUT2D eigenvalue weighted by atomic mass is 16.4. The van der Waals surface area contributed by atoms with E-state index in [2.05, 4.69) is 0 Å². The van der Waals surface area contributed by atoms with Crippen molar-refractivity contribution in [2.45, 2.75) is 6.92 Å². The summed E-state index contributed by atoms with van der Waals surface area (Å²) in [5, 5.41) is 17.5. The first kappa shape index (κ1) is 11.0. The molecule has 0 unspecified atom stereocenters. The highest BCUT2D eigenvalue weighted by Crippen LogP contribution is 2.16. The van der Waals surface area contributed by atoms with Gasteiger partial charge in [0.05, 0.1) is 0 Å². The average molecular weight is 206 g/mol. The average Bonchev–Trinajstić information content (AvgIpc) is 2.14. The lowest BCUT2D eigenvalue weighted by atomic mass is 10.0. The number of aliphatic carboxylic acids is 1. The number of hydrogen-bond donors (Lipinski definition) is 2. The number of aryl methyl sites for hydroxylation is 1. The predicted octanol–water partition coefficient (Wildman–Crippen LogP) is 1.52. The molecule has 1 aromatic carbocycles. The van der Waals surface area contributed by atoms with Crippen LogP contribution >= 0.6 is 0 Å². The van der Waals surface area contributed by atoms with E-state index >= 15 is 0 Å². The Morgan fingerprint density at radius 3 is 2.47 bits per heavy atom. The first-order valence-corrected chi connectivity index (χ1v) is 4.25. The van der Waals surface area contributed by atoms with Gasteiger partial charge in [-0.05, 0) is 36.8 Å². The molecule has 0 atom stereocenters. The summed E-state index contributed by atoms with van der Waals surface area (Å²) < 4.78 is 0. The lowest BCUT2D eigenvalue weighted by molar-refractivity contribution is -0.131. The molecule has 0 heterocycles. The van der Waals surface area contributed by atoms with Crippen molar-refractivity contribution in [3.63, 3.8) is 0 Å². The third-order valence-corrected chi connectivity index (χ3v) is 1.85. The van der Waals surface area contributed by atoms with E-state index in [4.69, 9.17) is 10.2 Å². The number of allylic oxidation sites excluding steroid dienone is 1. The van der Waals surface area contributed by atoms with E-state index in [9.17, 15) is 9.59 Å². The molecule has 0 aliphatic rings. The summed E-state index contributed by atoms with van der Waals surface area (Å²) in [5.41, 5.74) is 0.986. The number of carboxylic acid groups (broad SMARTS) is 1. The summed E-state index contributed by atoms with van der Waals surface area (Å²) in [6.45, 7) is 1.67. The first-order valence-electron chi connectivity index (χ1n) is 4.25. The number of carbonyl (C=O) groups is 2. The van der Waals surface area contributed by atoms with Gasteiger partial charge in [0.25, 0.3) is 0 Å². The maximum atomic E-state index is 11.4. The topological polar surface area (TPSA) is 74.6 Å². The molecule has 0 saturated carbocycles. The van der Waals surface area contributed by atoms with Crippen molar-refractivity contribution in [2.75, 3.05) is 0 Å². The van der Waals surface area contributed by atoms with Gasteiger partial charge in [-0.15, -0.1) is 0 Å². The minimum atomic E-state index is -1.17. The number of carbonyl (C=O) groups excluding carboxylic acids is 1. The van der Waals surface area contributed by atoms with Gasteiger partial charge in [0.2, 0.25) is 0 Å². The molecule has 0 amide bonds. The van der Waals surface area contributed by atoms with E-state index in [1.54, 1.807) is 6.92 Å². The zero-order valence-electron chi connectivity index (χ0n) is 8.10. The third-order valence-electron chi connectivity index (χ3n) is 1.85. The second kappa shape index (κ2) is 4.41. The van der Waals surface area contributed by atoms with E-state index in [0.29, 0.717) is 11.1 Å². The van der Waals surface area contributed by atoms with Crippen molar-refractivity contribution in [1.82, 2.24) is 0 Å². The molecule has 0 bridgehead atoms. The van der Waals surface area contributed by atoms with Crippen molar-refractivity contribution < 1.29 is 19.8 Å². The molecule has 4 heteroatoms. The van der Waals surface area contributed by atoms with Gasteiger partial charge in [0.15, 0.2) is 5.78 Å². The second-order valence-corrected chi connectivity index (χ2v) is 3.04. The van der Waals surface area contributed by atoms with Crippen molar-refractivity contribution in [2.24, 2.45) is 0 Å². The molecule has 0 aliphatic carbocycles. The van der Waals surface area contributed by atoms with E-state index in [1.807, 2.05) is 0 Å². The highest BCUT2D eigenvalue weighted by Gasteiger charge is 2.06. The summed E-state index contributed by atoms with van der Waals surface area (Å²) in [5.74, 6) is -1.49. The Hall–Kier alpha value is -2.10. The van der Waals surface area contributed by atoms with Crippen LogP contribution in [-0.2, 0) is 4.79 Å². The molecule has 15 heavy (non-hydrogen) atoms. The van der Waals surface area contributed by atoms with Crippen LogP contribution in [0.5, 0.6) is 5.75 Å². The fourth-order valence-electron chi connectivity index (χ4n) is 1.16. The van der Waals surface area contributed by atoms with Crippen molar-refractivity contribution in [3.05, 3.63) is 41.5 Å². The minimum Gasteiger partial charge on any atom is -0.508 e. The van der Waals surface area contributed by atoms with Crippen LogP contribution in [0.3, 0.4) is 0 Å². The Kier molecular flexibility index (Phi) is 3.23. The zero-order chi connectivity index (χ0) is 11.4. The van der Waals surface area contributed by atoms with E-state index in [0.717, 1.165) is 12.2 Å². The van der Waals surface area contributed by atoms with Crippen LogP contribution in [0.25, 0.3) is 0 Å². The zero-order valence-corrected chi connectivity index (χ0v) is 8.10. The van der Waals surface area contributed by atoms with E-state index < -0.39 is 11.8 Å². The number of carboxylic acids is 1. The Morgan fingerprint density at radius 2 is 1.93 bits per heavy atom. The van der Waals surface area contributed by atoms with Gasteiger partial charge in [0, 0.05) is 11.6 Å². The molecule has 2 N–H and O–H groups in total. The molecule has 0 saturated heterocycles. The number of ketones is 1. The summed E-state index contributed by atoms with van der Waals surface area (Å²) in [7, 11) is 0. The Morgan fingerprint density at radius 1 is 1.27 bits per heavy atom. The lowest BCUT2D eigenvalue weighted by Gasteiger charge is -2.01. The SMILES string of the molecule is Cc1cc(O)ccc1C(=O)/C=C/C(=O)O. The fourth-order valence-corrected chi connectivity index (χ4v) is 1.16. The molecule has 0 aromatic heterocycles. The van der Waals surface area contributed by atoms with Crippen molar-refractivity contribution in [1.29, 1.82) is 0 Å². The van der Waals surface area contributed by atoms with Crippen LogP contribution in [-0.4, -0.2) is 22.0 Å². The number of rotatable bonds is 3. The van der Waals surface area contributed by atoms with Crippen LogP contribution in [0.2, 0.25) is 0 Å². The number of phenols is 1. The maximum absolute atomic E-state index is 11.4. The van der Waals surface area contributed by atoms with E-state index in [-0.39, 0.29) is 5.75 Å². The summed E-state index contributed by atoms with van der Waals surface area (Å²) in [6.07, 6.45) is 1.77. The van der Waals surface area contributed by atoms with Crippen LogP contribution < -0.4 is 0 Å². The summed E-state index contributed by atoms with van der Waals surface area (Å²) in [6, 6.07) is 4.29. The monoisotopic (exact) mass is 206 g/mol. The number of aromatic hydroxyl groups is 1. The van der Waals surface area contributed by atoms with Crippen LogP contribution in [0.15, 0.2) is 30.4 Å². The summed E-state index contributed by atoms with van der Waals surface area (Å²) >= 11 is 0. The molecule has 1 rings (SSSR count). The standard InChI is InChI=1S/C11H10O4/c1-7-6-8(12)2-3-9(7)10(13)4-5-11(14)15/h2-6,12H,1H3,(H,14,15)/b5-4+. The Bertz CT molecular complexity index is 432. The van der Waals surface area contributed by atoms with E-state index in [1.165, 1.54) is 18.2 Å². The fraction of sp³-hybridized carbons (Fsp3) is 0.0909. The van der Waals surface area contributed by atoms with Crippen molar-refractivity contribution in [3.8, 4) is 5.75 Å². The maximum Gasteiger partial charge on any atom is 0.328 e. The molecule has 0 fully saturated rings. The van der Waals surface area contributed by atoms with Gasteiger partial charge >= 0.3 is 5.97 Å². The van der Waals surface area contributed by atoms with Gasteiger partial charge in [-0.25, -0.2) is 4.79 Å². The van der Waals surface area contributed by atoms with Gasteiger partial charge in [0.1, 0.15) is 5.75 Å². The second-order valence-electron chi connectivity index (χ2n) is 3.04. The highest BCUT2D eigenvalue weighted by molar-refractivity contribution is 6.07. The molecule has 1 aromatic rings. The third kappa shape index (κ3) is 2.95. The van der Waals surface area contributed by atoms with Crippen LogP contribution in [0.1, 0.15) is 15.9 Å². The van der Waals surface area contributed by atoms with Gasteiger partial charge in [-0.2, -0.15) is 0 Å². The minimum absolute atomic E-state index is 0.0752. The summed E-state index contributed by atoms with van der Waals surface area (Å²) in [4.78, 5) is 21.6. The van der Waals surface area contributed by atoms with Crippen molar-refractivity contribution >= 4 is 11.8 Å². The van der Waals surface area contributed by atoms with Gasteiger partial charge in [-0.1, -0.05) is 0 Å². The Balaban J connectivity index is 2.97. The molecular weight excluding hydrogens is 196 g/mol. The molecule has 4 nitrogen and oxygen atoms in total. The molecule has 0 radical (unpaired) electrons. The smallest absolute Gasteiger partial charge is 0.328 e. The normalized spacial score (nSPS) is 10.5. The predicted molar refractivity (Wildman–Crippen MR) is 54.0 cm³/mol. The molecular formula is C11H10O4. The number of phenolic OH excluding ortho intramolecular Hbond substituents is 1. The lowest BCUT2D eigenvalue weighted by Crippen LogP contribution is -1.99. The first-order chi connectivity index (χ1) is 7.00. The number of hydrogen-bond acceptors (Lipinski definition) is 3. The quantitative estimate of drug-likeness (QED) is 0.580. The molecule has 78 valence electrons.